The fraction of sp³-hybridized carbons (Fsp3) is 0.179. The summed E-state index contributed by atoms with van der Waals surface area (Å²) in [6.45, 7) is 2.34. The zero-order chi connectivity index (χ0) is 26.6. The van der Waals surface area contributed by atoms with Crippen LogP contribution in [-0.2, 0) is 4.79 Å². The van der Waals surface area contributed by atoms with E-state index in [1.807, 2.05) is 66.4 Å². The standard InChI is InChI=1S/C28H25N5O4S/c1-18-5-4-6-20(17-18)30-25(34)14-16-32-27(26(31-28(32)38)22-7-2-3-15-29-22)24-13-12-23(37-24)19-8-10-21(11-9-19)33(35)36/h2-13,15,17,26-27H,14,16H2,1H3,(H,30,34)(H,31,38). The Morgan fingerprint density at radius 1 is 1.13 bits per heavy atom. The first kappa shape index (κ1) is 25.1. The zero-order valence-electron chi connectivity index (χ0n) is 20.5. The number of pyridine rings is 1. The predicted molar refractivity (Wildman–Crippen MR) is 147 cm³/mol. The van der Waals surface area contributed by atoms with Crippen molar-refractivity contribution in [2.75, 3.05) is 11.9 Å². The molecule has 1 aliphatic heterocycles. The van der Waals surface area contributed by atoms with Crippen LogP contribution in [0.3, 0.4) is 0 Å². The number of nitro groups is 1. The molecule has 4 aromatic rings. The highest BCUT2D eigenvalue weighted by atomic mass is 32.1. The lowest BCUT2D eigenvalue weighted by Crippen LogP contribution is -2.32. The third-order valence-corrected chi connectivity index (χ3v) is 6.71. The minimum Gasteiger partial charge on any atom is -0.459 e. The molecule has 38 heavy (non-hydrogen) atoms. The summed E-state index contributed by atoms with van der Waals surface area (Å²) in [6, 6.07) is 22.6. The second kappa shape index (κ2) is 10.8. The number of benzene rings is 2. The van der Waals surface area contributed by atoms with Gasteiger partial charge in [-0.2, -0.15) is 0 Å². The highest BCUT2D eigenvalue weighted by molar-refractivity contribution is 7.80. The smallest absolute Gasteiger partial charge is 0.269 e. The average molecular weight is 528 g/mol. The molecule has 192 valence electrons. The Morgan fingerprint density at radius 2 is 1.95 bits per heavy atom. The van der Waals surface area contributed by atoms with Gasteiger partial charge < -0.3 is 20.0 Å². The summed E-state index contributed by atoms with van der Waals surface area (Å²) < 4.78 is 6.26. The van der Waals surface area contributed by atoms with Gasteiger partial charge in [0.15, 0.2) is 5.11 Å². The Kier molecular flexibility index (Phi) is 7.14. The van der Waals surface area contributed by atoms with Gasteiger partial charge in [-0.05, 0) is 73.2 Å². The van der Waals surface area contributed by atoms with E-state index in [9.17, 15) is 14.9 Å². The molecular weight excluding hydrogens is 502 g/mol. The normalized spacial score (nSPS) is 16.8. The van der Waals surface area contributed by atoms with E-state index in [-0.39, 0.29) is 30.1 Å². The first-order valence-corrected chi connectivity index (χ1v) is 12.5. The quantitative estimate of drug-likeness (QED) is 0.174. The highest BCUT2D eigenvalue weighted by Crippen LogP contribution is 2.40. The van der Waals surface area contributed by atoms with Crippen molar-refractivity contribution in [3.63, 3.8) is 0 Å². The number of furan rings is 1. The number of nitro benzene ring substituents is 1. The number of anilines is 1. The van der Waals surface area contributed by atoms with Crippen LogP contribution in [0.5, 0.6) is 0 Å². The van der Waals surface area contributed by atoms with Crippen molar-refractivity contribution >= 4 is 34.6 Å². The number of thiocarbonyl (C=S) groups is 1. The first-order valence-electron chi connectivity index (χ1n) is 12.1. The van der Waals surface area contributed by atoms with Crippen molar-refractivity contribution < 1.29 is 14.1 Å². The predicted octanol–water partition coefficient (Wildman–Crippen LogP) is 5.56. The molecule has 1 saturated heterocycles. The number of carbonyl (C=O) groups is 1. The van der Waals surface area contributed by atoms with E-state index in [0.29, 0.717) is 28.7 Å². The highest BCUT2D eigenvalue weighted by Gasteiger charge is 2.41. The van der Waals surface area contributed by atoms with Crippen LogP contribution in [0.4, 0.5) is 11.4 Å². The zero-order valence-corrected chi connectivity index (χ0v) is 21.4. The lowest BCUT2D eigenvalue weighted by atomic mass is 10.0. The maximum absolute atomic E-state index is 12.8. The van der Waals surface area contributed by atoms with E-state index in [0.717, 1.165) is 16.9 Å². The van der Waals surface area contributed by atoms with Crippen LogP contribution in [0, 0.1) is 17.0 Å². The summed E-state index contributed by atoms with van der Waals surface area (Å²) in [4.78, 5) is 29.8. The summed E-state index contributed by atoms with van der Waals surface area (Å²) in [5.41, 5.74) is 3.33. The summed E-state index contributed by atoms with van der Waals surface area (Å²) >= 11 is 5.68. The van der Waals surface area contributed by atoms with Gasteiger partial charge in [0.2, 0.25) is 5.91 Å². The molecule has 2 unspecified atom stereocenters. The van der Waals surface area contributed by atoms with Crippen molar-refractivity contribution in [1.29, 1.82) is 0 Å². The average Bonchev–Trinajstić information content (AvgIpc) is 3.52. The number of hydrogen-bond donors (Lipinski definition) is 2. The van der Waals surface area contributed by atoms with E-state index < -0.39 is 4.92 Å². The monoisotopic (exact) mass is 527 g/mol. The first-order chi connectivity index (χ1) is 18.4. The van der Waals surface area contributed by atoms with Gasteiger partial charge in [0.05, 0.1) is 16.7 Å². The van der Waals surface area contributed by atoms with Crippen molar-refractivity contribution in [3.8, 4) is 11.3 Å². The molecule has 1 aliphatic rings. The molecule has 2 aromatic heterocycles. The maximum Gasteiger partial charge on any atom is 0.269 e. The third kappa shape index (κ3) is 5.40. The van der Waals surface area contributed by atoms with Crippen molar-refractivity contribution in [2.45, 2.75) is 25.4 Å². The van der Waals surface area contributed by atoms with Crippen LogP contribution < -0.4 is 10.6 Å². The second-order valence-corrected chi connectivity index (χ2v) is 9.38. The number of aromatic nitrogens is 1. The van der Waals surface area contributed by atoms with E-state index in [1.165, 1.54) is 12.1 Å². The van der Waals surface area contributed by atoms with E-state index >= 15 is 0 Å². The topological polar surface area (TPSA) is 114 Å². The summed E-state index contributed by atoms with van der Waals surface area (Å²) in [6.07, 6.45) is 1.94. The molecule has 5 rings (SSSR count). The Morgan fingerprint density at radius 3 is 2.66 bits per heavy atom. The maximum atomic E-state index is 12.8. The van der Waals surface area contributed by atoms with Gasteiger partial charge in [0.25, 0.3) is 5.69 Å². The number of aryl methyl sites for hydroxylation is 1. The third-order valence-electron chi connectivity index (χ3n) is 6.36. The summed E-state index contributed by atoms with van der Waals surface area (Å²) in [5.74, 6) is 1.09. The van der Waals surface area contributed by atoms with Crippen LogP contribution in [0.25, 0.3) is 11.3 Å². The molecule has 0 spiro atoms. The largest absolute Gasteiger partial charge is 0.459 e. The molecule has 0 radical (unpaired) electrons. The molecule has 9 nitrogen and oxygen atoms in total. The number of hydrogen-bond acceptors (Lipinski definition) is 6. The van der Waals surface area contributed by atoms with Crippen LogP contribution in [0.2, 0.25) is 0 Å². The number of non-ortho nitro benzene ring substituents is 1. The minimum absolute atomic E-state index is 0.0104. The second-order valence-electron chi connectivity index (χ2n) is 8.99. The van der Waals surface area contributed by atoms with Crippen molar-refractivity contribution in [3.05, 3.63) is 112 Å². The molecule has 0 aliphatic carbocycles. The Hall–Kier alpha value is -4.57. The van der Waals surface area contributed by atoms with Gasteiger partial charge in [-0.3, -0.25) is 19.9 Å². The van der Waals surface area contributed by atoms with Crippen molar-refractivity contribution in [2.24, 2.45) is 0 Å². The Bertz CT molecular complexity index is 1470. The van der Waals surface area contributed by atoms with Crippen molar-refractivity contribution in [1.82, 2.24) is 15.2 Å². The van der Waals surface area contributed by atoms with Crippen LogP contribution in [0.15, 0.2) is 89.5 Å². The van der Waals surface area contributed by atoms with Crippen LogP contribution in [0.1, 0.15) is 35.5 Å². The van der Waals surface area contributed by atoms with Gasteiger partial charge in [-0.15, -0.1) is 0 Å². The van der Waals surface area contributed by atoms with Gasteiger partial charge in [-0.1, -0.05) is 18.2 Å². The molecule has 2 aromatic carbocycles. The molecule has 1 fully saturated rings. The lowest BCUT2D eigenvalue weighted by Gasteiger charge is -2.25. The molecule has 0 bridgehead atoms. The summed E-state index contributed by atoms with van der Waals surface area (Å²) in [5, 5.41) is 17.8. The molecule has 10 heteroatoms. The number of amides is 1. The molecule has 0 saturated carbocycles. The number of rotatable bonds is 8. The molecule has 3 heterocycles. The van der Waals surface area contributed by atoms with Crippen LogP contribution in [-0.4, -0.2) is 32.4 Å². The Balaban J connectivity index is 1.39. The molecule has 1 amide bonds. The SMILES string of the molecule is Cc1cccc(NC(=O)CCN2C(=S)NC(c3ccccn3)C2c2ccc(-c3ccc([N+](=O)[O-])cc3)o2)c1. The van der Waals surface area contributed by atoms with E-state index in [4.69, 9.17) is 16.6 Å². The lowest BCUT2D eigenvalue weighted by molar-refractivity contribution is -0.384. The number of carbonyl (C=O) groups excluding carboxylic acids is 1. The molecule has 2 N–H and O–H groups in total. The van der Waals surface area contributed by atoms with E-state index in [1.54, 1.807) is 18.3 Å². The fourth-order valence-electron chi connectivity index (χ4n) is 4.54. The van der Waals surface area contributed by atoms with Gasteiger partial charge in [0, 0.05) is 42.5 Å². The summed E-state index contributed by atoms with van der Waals surface area (Å²) in [7, 11) is 0. The van der Waals surface area contributed by atoms with E-state index in [2.05, 4.69) is 15.6 Å². The molecule has 2 atom stereocenters. The minimum atomic E-state index is -0.438. The number of nitrogens with one attached hydrogen (secondary N) is 2. The van der Waals surface area contributed by atoms with Gasteiger partial charge in [-0.25, -0.2) is 0 Å². The van der Waals surface area contributed by atoms with Gasteiger partial charge >= 0.3 is 0 Å². The van der Waals surface area contributed by atoms with Crippen LogP contribution >= 0.6 is 12.2 Å². The Labute approximate surface area is 224 Å². The fourth-order valence-corrected chi connectivity index (χ4v) is 4.87. The molecular formula is C28H25N5O4S. The van der Waals surface area contributed by atoms with Gasteiger partial charge in [0.1, 0.15) is 17.6 Å². The number of nitrogens with zero attached hydrogens (tertiary/aromatic N) is 3.